The molecule has 4 N–H and O–H groups in total. The molecule has 0 saturated heterocycles. The summed E-state index contributed by atoms with van der Waals surface area (Å²) in [6.07, 6.45) is 29.8. The molecule has 3 aromatic rings. The number of aryl methyl sites for hydroxylation is 1. The maximum Gasteiger partial charge on any atom is 0.404 e. The number of fused-ring (bicyclic) bond motifs is 2. The van der Waals surface area contributed by atoms with Crippen LogP contribution in [-0.4, -0.2) is 42.0 Å². The van der Waals surface area contributed by atoms with Crippen molar-refractivity contribution in [2.24, 2.45) is 5.41 Å². The van der Waals surface area contributed by atoms with Gasteiger partial charge in [0, 0.05) is 54.9 Å². The van der Waals surface area contributed by atoms with Crippen molar-refractivity contribution in [2.75, 3.05) is 24.5 Å². The smallest absolute Gasteiger partial charge is 0.404 e. The third-order valence-corrected chi connectivity index (χ3v) is 12.3. The van der Waals surface area contributed by atoms with Crippen LogP contribution in [-0.2, 0) is 6.54 Å². The fourth-order valence-corrected chi connectivity index (χ4v) is 9.86. The molecule has 0 atom stereocenters. The van der Waals surface area contributed by atoms with Crippen LogP contribution in [0.5, 0.6) is 0 Å². The minimum absolute atomic E-state index is 0.0791. The van der Waals surface area contributed by atoms with E-state index in [0.29, 0.717) is 39.0 Å². The van der Waals surface area contributed by atoms with Gasteiger partial charge in [0.15, 0.2) is 6.54 Å². The van der Waals surface area contributed by atoms with Crippen LogP contribution in [0, 0.1) is 5.41 Å². The van der Waals surface area contributed by atoms with Gasteiger partial charge in [-0.25, -0.2) is 9.59 Å². The molecule has 0 fully saturated rings. The fourth-order valence-electron chi connectivity index (χ4n) is 7.64. The Bertz CT molecular complexity index is 2160. The summed E-state index contributed by atoms with van der Waals surface area (Å²) in [5.41, 5.74) is 7.49. The third-order valence-electron chi connectivity index (χ3n) is 10.0. The van der Waals surface area contributed by atoms with Gasteiger partial charge in [0.1, 0.15) is 4.70 Å². The molecule has 7 rings (SSSR count). The van der Waals surface area contributed by atoms with E-state index in [9.17, 15) is 9.59 Å². The molecule has 2 amide bonds. The average Bonchev–Trinajstić information content (AvgIpc) is 3.95. The van der Waals surface area contributed by atoms with Crippen molar-refractivity contribution >= 4 is 57.3 Å². The van der Waals surface area contributed by atoms with Crippen LogP contribution >= 0.6 is 23.1 Å². The number of rotatable bonds is 13. The van der Waals surface area contributed by atoms with E-state index in [1.807, 2.05) is 0 Å². The van der Waals surface area contributed by atoms with Gasteiger partial charge in [-0.3, -0.25) is 0 Å². The van der Waals surface area contributed by atoms with Gasteiger partial charge < -0.3 is 25.7 Å². The maximum absolute atomic E-state index is 11.2. The number of amides is 2. The summed E-state index contributed by atoms with van der Waals surface area (Å²) in [5, 5.41) is 25.6. The first-order valence-corrected chi connectivity index (χ1v) is 20.2. The Morgan fingerprint density at radius 1 is 0.907 bits per heavy atom. The van der Waals surface area contributed by atoms with Crippen LogP contribution in [0.2, 0.25) is 0 Å². The largest absolute Gasteiger partial charge is 0.465 e. The number of benzene rings is 2. The number of carbonyl (C=O) groups is 2. The Morgan fingerprint density at radius 2 is 1.57 bits per heavy atom. The highest BCUT2D eigenvalue weighted by molar-refractivity contribution is 8.03. The first kappa shape index (κ1) is 37.3. The Hall–Kier alpha value is -5.06. The second-order valence-corrected chi connectivity index (χ2v) is 17.0. The first-order valence-electron chi connectivity index (χ1n) is 18.6. The molecule has 54 heavy (non-hydrogen) atoms. The van der Waals surface area contributed by atoms with Crippen LogP contribution in [0.3, 0.4) is 0 Å². The van der Waals surface area contributed by atoms with Crippen LogP contribution < -0.4 is 20.1 Å². The highest BCUT2D eigenvalue weighted by atomic mass is 32.2. The summed E-state index contributed by atoms with van der Waals surface area (Å²) in [4.78, 5) is 25.8. The number of carboxylic acid groups (broad SMARTS) is 2. The van der Waals surface area contributed by atoms with Gasteiger partial charge >= 0.3 is 12.2 Å². The summed E-state index contributed by atoms with van der Waals surface area (Å²) in [6.45, 7) is 6.87. The standard InChI is InChI=1S/C44H46N4O4S2/c1-44(2)28-30(10-7-15-40-47(22-8-20-45-42(49)50)36-26-34(16-18-38(36)53-40)32-11-3-4-12-32)24-31(29-44)25-41-48(23-9-21-46-43(51)52)37-27-35(17-19-39(37)54-41)33-13-5-6-14-33/h3-7,10-19,24-27,32-33,45-46H,8-9,20-23,28-29H2,1-2H3,(H-,49,50,51,52)/p+1. The Balaban J connectivity index is 1.16. The molecule has 2 aromatic carbocycles. The molecule has 0 radical (unpaired) electrons. The SMILES string of the molecule is CC1(C)CC(=CC=Cc2sc3ccc(C4C=CC=C4)cc3[n+]2CCCNC(=O)O)C=C(C=C2Sc3ccc(C4C=CC=C4)cc3N2CCCNC(=O)O)C1. The van der Waals surface area contributed by atoms with Gasteiger partial charge in [-0.1, -0.05) is 116 Å². The highest BCUT2D eigenvalue weighted by Gasteiger charge is 2.29. The number of hydrogen-bond donors (Lipinski definition) is 4. The molecular weight excluding hydrogens is 713 g/mol. The lowest BCUT2D eigenvalue weighted by atomic mass is 9.75. The fraction of sp³-hybridized carbons (Fsp3) is 0.295. The van der Waals surface area contributed by atoms with Crippen molar-refractivity contribution in [1.82, 2.24) is 10.6 Å². The number of anilines is 1. The molecule has 3 aliphatic carbocycles. The number of allylic oxidation sites excluding steroid dienone is 14. The summed E-state index contributed by atoms with van der Waals surface area (Å²) >= 11 is 3.54. The van der Waals surface area contributed by atoms with Crippen LogP contribution in [0.1, 0.15) is 67.5 Å². The zero-order valence-electron chi connectivity index (χ0n) is 30.7. The molecule has 0 saturated carbocycles. The zero-order valence-corrected chi connectivity index (χ0v) is 32.3. The van der Waals surface area contributed by atoms with E-state index < -0.39 is 12.2 Å². The summed E-state index contributed by atoms with van der Waals surface area (Å²) < 4.78 is 3.53. The average molecular weight is 760 g/mol. The van der Waals surface area contributed by atoms with Crippen molar-refractivity contribution in [3.8, 4) is 0 Å². The van der Waals surface area contributed by atoms with Crippen molar-refractivity contribution in [3.63, 3.8) is 0 Å². The van der Waals surface area contributed by atoms with Crippen molar-refractivity contribution < 1.29 is 24.4 Å². The van der Waals surface area contributed by atoms with E-state index >= 15 is 0 Å². The number of thiazole rings is 1. The second-order valence-electron chi connectivity index (χ2n) is 14.9. The lowest BCUT2D eigenvalue weighted by molar-refractivity contribution is -0.669. The predicted octanol–water partition coefficient (Wildman–Crippen LogP) is 10.1. The number of thioether (sulfide) groups is 1. The summed E-state index contributed by atoms with van der Waals surface area (Å²) in [7, 11) is 0. The van der Waals surface area contributed by atoms with Gasteiger partial charge in [-0.05, 0) is 71.2 Å². The Labute approximate surface area is 325 Å². The number of aromatic nitrogens is 1. The van der Waals surface area contributed by atoms with Gasteiger partial charge in [0.25, 0.3) is 5.01 Å². The van der Waals surface area contributed by atoms with Gasteiger partial charge in [0.2, 0.25) is 5.52 Å². The molecule has 10 heteroatoms. The minimum Gasteiger partial charge on any atom is -0.465 e. The quantitative estimate of drug-likeness (QED) is 0.102. The second kappa shape index (κ2) is 16.5. The van der Waals surface area contributed by atoms with Crippen molar-refractivity contribution in [3.05, 3.63) is 142 Å². The summed E-state index contributed by atoms with van der Waals surface area (Å²) in [5.74, 6) is 0.541. The Kier molecular flexibility index (Phi) is 11.4. The van der Waals surface area contributed by atoms with E-state index in [-0.39, 0.29) is 17.3 Å². The van der Waals surface area contributed by atoms with E-state index in [0.717, 1.165) is 17.8 Å². The van der Waals surface area contributed by atoms with E-state index in [2.05, 4.69) is 149 Å². The van der Waals surface area contributed by atoms with Crippen LogP contribution in [0.15, 0.2) is 130 Å². The number of nitrogens with zero attached hydrogens (tertiary/aromatic N) is 2. The molecule has 4 aliphatic rings. The van der Waals surface area contributed by atoms with Crippen LogP contribution in [0.4, 0.5) is 15.3 Å². The molecular formula is C44H47N4O4S2+. The lowest BCUT2D eigenvalue weighted by Gasteiger charge is -2.31. The molecule has 1 aliphatic heterocycles. The Morgan fingerprint density at radius 3 is 2.28 bits per heavy atom. The highest BCUT2D eigenvalue weighted by Crippen LogP contribution is 2.49. The molecule has 0 spiro atoms. The molecule has 0 bridgehead atoms. The van der Waals surface area contributed by atoms with Crippen molar-refractivity contribution in [2.45, 2.75) is 62.8 Å². The third kappa shape index (κ3) is 9.00. The van der Waals surface area contributed by atoms with E-state index in [1.54, 1.807) is 23.1 Å². The van der Waals surface area contributed by atoms with E-state index in [1.165, 1.54) is 48.1 Å². The maximum atomic E-state index is 11.2. The van der Waals surface area contributed by atoms with Crippen molar-refractivity contribution in [1.29, 1.82) is 0 Å². The van der Waals surface area contributed by atoms with Gasteiger partial charge in [-0.2, -0.15) is 4.57 Å². The molecule has 8 nitrogen and oxygen atoms in total. The number of hydrogen-bond acceptors (Lipinski definition) is 5. The van der Waals surface area contributed by atoms with Gasteiger partial charge in [0.05, 0.1) is 10.7 Å². The van der Waals surface area contributed by atoms with Crippen LogP contribution in [0.25, 0.3) is 16.3 Å². The zero-order chi connectivity index (χ0) is 37.7. The molecule has 278 valence electrons. The first-order chi connectivity index (χ1) is 26.1. The topological polar surface area (TPSA) is 106 Å². The monoisotopic (exact) mass is 759 g/mol. The lowest BCUT2D eigenvalue weighted by Crippen LogP contribution is -2.37. The normalized spacial score (nSPS) is 19.2. The van der Waals surface area contributed by atoms with Gasteiger partial charge in [-0.15, -0.1) is 0 Å². The molecule has 2 heterocycles. The van der Waals surface area contributed by atoms with E-state index in [4.69, 9.17) is 10.2 Å². The number of nitrogens with one attached hydrogen (secondary N) is 2. The minimum atomic E-state index is -0.997. The predicted molar refractivity (Wildman–Crippen MR) is 221 cm³/mol. The molecule has 0 unspecified atom stereocenters. The summed E-state index contributed by atoms with van der Waals surface area (Å²) in [6, 6.07) is 13.4. The molecule has 1 aromatic heterocycles.